The molecule has 32 heavy (non-hydrogen) atoms. The van der Waals surface area contributed by atoms with Crippen molar-refractivity contribution >= 4 is 27.8 Å². The molecule has 3 aromatic rings. The van der Waals surface area contributed by atoms with Crippen molar-refractivity contribution in [3.63, 3.8) is 0 Å². The summed E-state index contributed by atoms with van der Waals surface area (Å²) in [6.07, 6.45) is -4.33. The van der Waals surface area contributed by atoms with E-state index in [4.69, 9.17) is 0 Å². The number of hydrogen-bond donors (Lipinski definition) is 2. The second-order valence-electron chi connectivity index (χ2n) is 7.15. The number of halogens is 3. The van der Waals surface area contributed by atoms with E-state index in [2.05, 4.69) is 19.0 Å². The van der Waals surface area contributed by atoms with Crippen LogP contribution in [0.4, 0.5) is 13.2 Å². The number of rotatable bonds is 6. The number of benzene rings is 2. The van der Waals surface area contributed by atoms with E-state index >= 15 is 0 Å². The quantitative estimate of drug-likeness (QED) is 0.444. The zero-order chi connectivity index (χ0) is 22.8. The van der Waals surface area contributed by atoms with E-state index in [1.54, 1.807) is 11.3 Å². The Morgan fingerprint density at radius 1 is 1.12 bits per heavy atom. The standard InChI is InChI=1S/C21H20F3N3O3S2/c22-21(23,24)30-17-7-4-8-18(11-17)32(28,29)26-16-9-10-27(12-16)13-20-25-19(14-31-20)15-5-2-1-3-6-15/h1-8,11,14,28-29H,9-10,12-13H2. The first-order valence-electron chi connectivity index (χ1n) is 9.62. The van der Waals surface area contributed by atoms with Crippen LogP contribution in [-0.4, -0.2) is 44.2 Å². The Hall–Kier alpha value is -2.44. The molecule has 0 radical (unpaired) electrons. The molecule has 1 fully saturated rings. The largest absolute Gasteiger partial charge is 0.573 e. The van der Waals surface area contributed by atoms with E-state index in [0.717, 1.165) is 28.4 Å². The molecule has 2 N–H and O–H groups in total. The van der Waals surface area contributed by atoms with Gasteiger partial charge in [-0.15, -0.1) is 24.5 Å². The Bertz CT molecular complexity index is 1100. The van der Waals surface area contributed by atoms with Gasteiger partial charge in [-0.2, -0.15) is 4.40 Å². The van der Waals surface area contributed by atoms with E-state index in [9.17, 15) is 22.3 Å². The fourth-order valence-electron chi connectivity index (χ4n) is 3.30. The normalized spacial score (nSPS) is 17.1. The Morgan fingerprint density at radius 2 is 1.91 bits per heavy atom. The molecule has 6 nitrogen and oxygen atoms in total. The highest BCUT2D eigenvalue weighted by atomic mass is 32.3. The summed E-state index contributed by atoms with van der Waals surface area (Å²) >= 11 is 1.56. The Labute approximate surface area is 188 Å². The van der Waals surface area contributed by atoms with Crippen molar-refractivity contribution in [3.05, 3.63) is 65.0 Å². The maximum absolute atomic E-state index is 12.4. The van der Waals surface area contributed by atoms with Crippen molar-refractivity contribution in [1.29, 1.82) is 0 Å². The summed E-state index contributed by atoms with van der Waals surface area (Å²) in [6, 6.07) is 14.5. The van der Waals surface area contributed by atoms with Gasteiger partial charge in [0, 0.05) is 36.5 Å². The van der Waals surface area contributed by atoms with Crippen LogP contribution in [0.2, 0.25) is 0 Å². The zero-order valence-corrected chi connectivity index (χ0v) is 18.3. The smallest absolute Gasteiger partial charge is 0.406 e. The van der Waals surface area contributed by atoms with Crippen LogP contribution in [0.15, 0.2) is 69.3 Å². The van der Waals surface area contributed by atoms with E-state index in [1.165, 1.54) is 12.1 Å². The predicted molar refractivity (Wildman–Crippen MR) is 119 cm³/mol. The van der Waals surface area contributed by atoms with Crippen LogP contribution in [-0.2, 0) is 6.54 Å². The first-order valence-corrected chi connectivity index (χ1v) is 12.0. The number of aromatic nitrogens is 1. The SMILES string of the molecule is OS(O)(N=C1CCN(Cc2nc(-c3ccccc3)cs2)C1)c1cccc(OC(F)(F)F)c1. The molecule has 1 aromatic heterocycles. The molecule has 2 aromatic carbocycles. The summed E-state index contributed by atoms with van der Waals surface area (Å²) in [5.41, 5.74) is 2.53. The molecule has 0 saturated carbocycles. The minimum Gasteiger partial charge on any atom is -0.406 e. The molecule has 11 heteroatoms. The molecule has 0 atom stereocenters. The third kappa shape index (κ3) is 5.87. The van der Waals surface area contributed by atoms with Crippen molar-refractivity contribution in [2.45, 2.75) is 24.2 Å². The van der Waals surface area contributed by atoms with Gasteiger partial charge in [-0.25, -0.2) is 4.98 Å². The van der Waals surface area contributed by atoms with Gasteiger partial charge in [-0.05, 0) is 12.1 Å². The van der Waals surface area contributed by atoms with Gasteiger partial charge in [0.05, 0.1) is 22.8 Å². The van der Waals surface area contributed by atoms with Gasteiger partial charge in [0.2, 0.25) is 0 Å². The van der Waals surface area contributed by atoms with E-state index in [0.29, 0.717) is 31.8 Å². The molecule has 0 bridgehead atoms. The third-order valence-corrected chi connectivity index (χ3v) is 6.95. The fourth-order valence-corrected chi connectivity index (χ4v) is 5.30. The fraction of sp³-hybridized carbons (Fsp3) is 0.238. The van der Waals surface area contributed by atoms with Crippen LogP contribution in [0.1, 0.15) is 11.4 Å². The molecular formula is C21H20F3N3O3S2. The molecular weight excluding hydrogens is 463 g/mol. The second-order valence-corrected chi connectivity index (χ2v) is 9.79. The lowest BCUT2D eigenvalue weighted by atomic mass is 10.2. The summed E-state index contributed by atoms with van der Waals surface area (Å²) in [7, 11) is -3.65. The van der Waals surface area contributed by atoms with E-state index in [-0.39, 0.29) is 4.90 Å². The van der Waals surface area contributed by atoms with Crippen molar-refractivity contribution in [2.75, 3.05) is 13.1 Å². The molecule has 0 unspecified atom stereocenters. The minimum atomic E-state index is -4.87. The van der Waals surface area contributed by atoms with E-state index < -0.39 is 22.9 Å². The Balaban J connectivity index is 1.41. The van der Waals surface area contributed by atoms with Gasteiger partial charge in [0.25, 0.3) is 0 Å². The number of nitrogens with zero attached hydrogens (tertiary/aromatic N) is 3. The zero-order valence-electron chi connectivity index (χ0n) is 16.7. The summed E-state index contributed by atoms with van der Waals surface area (Å²) in [5.74, 6) is -0.527. The highest BCUT2D eigenvalue weighted by Crippen LogP contribution is 2.51. The summed E-state index contributed by atoms with van der Waals surface area (Å²) < 4.78 is 66.2. The highest BCUT2D eigenvalue weighted by Gasteiger charge is 2.31. The molecule has 4 rings (SSSR count). The van der Waals surface area contributed by atoms with Crippen LogP contribution in [0, 0.1) is 0 Å². The molecule has 0 amide bonds. The van der Waals surface area contributed by atoms with Crippen LogP contribution in [0.3, 0.4) is 0 Å². The number of alkyl halides is 3. The number of likely N-dealkylation sites (tertiary alicyclic amines) is 1. The van der Waals surface area contributed by atoms with Gasteiger partial charge in [-0.3, -0.25) is 14.0 Å². The van der Waals surface area contributed by atoms with Crippen molar-refractivity contribution in [2.24, 2.45) is 4.40 Å². The molecule has 170 valence electrons. The van der Waals surface area contributed by atoms with Crippen molar-refractivity contribution in [1.82, 2.24) is 9.88 Å². The lowest BCUT2D eigenvalue weighted by molar-refractivity contribution is -0.274. The summed E-state index contributed by atoms with van der Waals surface area (Å²) in [6.45, 7) is 1.70. The first kappa shape index (κ1) is 22.7. The second kappa shape index (κ2) is 9.20. The topological polar surface area (TPSA) is 78.2 Å². The van der Waals surface area contributed by atoms with Crippen LogP contribution >= 0.6 is 22.1 Å². The lowest BCUT2D eigenvalue weighted by Gasteiger charge is -2.28. The monoisotopic (exact) mass is 483 g/mol. The maximum Gasteiger partial charge on any atom is 0.573 e. The predicted octanol–water partition coefficient (Wildman–Crippen LogP) is 6.08. The number of ether oxygens (including phenoxy) is 1. The van der Waals surface area contributed by atoms with Gasteiger partial charge in [-0.1, -0.05) is 47.2 Å². The van der Waals surface area contributed by atoms with Gasteiger partial charge >= 0.3 is 6.36 Å². The molecule has 0 spiro atoms. The average Bonchev–Trinajstić information content (AvgIpc) is 3.37. The highest BCUT2D eigenvalue weighted by molar-refractivity contribution is 8.23. The molecule has 2 heterocycles. The molecule has 1 aliphatic heterocycles. The van der Waals surface area contributed by atoms with Gasteiger partial charge < -0.3 is 4.74 Å². The van der Waals surface area contributed by atoms with Gasteiger partial charge in [0.15, 0.2) is 0 Å². The summed E-state index contributed by atoms with van der Waals surface area (Å²) in [5, 5.41) is 2.94. The summed E-state index contributed by atoms with van der Waals surface area (Å²) in [4.78, 5) is 6.63. The molecule has 1 saturated heterocycles. The van der Waals surface area contributed by atoms with Gasteiger partial charge in [0.1, 0.15) is 10.8 Å². The van der Waals surface area contributed by atoms with Crippen molar-refractivity contribution in [3.8, 4) is 17.0 Å². The lowest BCUT2D eigenvalue weighted by Crippen LogP contribution is -2.20. The van der Waals surface area contributed by atoms with E-state index in [1.807, 2.05) is 35.7 Å². The maximum atomic E-state index is 12.4. The van der Waals surface area contributed by atoms with Crippen LogP contribution in [0.5, 0.6) is 5.75 Å². The Kier molecular flexibility index (Phi) is 6.54. The number of hydrogen-bond acceptors (Lipinski definition) is 7. The van der Waals surface area contributed by atoms with Crippen LogP contribution in [0.25, 0.3) is 11.3 Å². The first-order chi connectivity index (χ1) is 15.2. The minimum absolute atomic E-state index is 0.127. The van der Waals surface area contributed by atoms with Crippen LogP contribution < -0.4 is 4.74 Å². The molecule has 0 aliphatic carbocycles. The molecule has 1 aliphatic rings. The van der Waals surface area contributed by atoms with Crippen molar-refractivity contribution < 1.29 is 27.0 Å². The number of thiazole rings is 1. The Morgan fingerprint density at radius 3 is 2.66 bits per heavy atom. The third-order valence-electron chi connectivity index (χ3n) is 4.71. The average molecular weight is 484 g/mol.